The van der Waals surface area contributed by atoms with E-state index in [9.17, 15) is 4.79 Å². The number of rotatable bonds is 4. The Labute approximate surface area is 126 Å². The third-order valence-corrected chi connectivity index (χ3v) is 3.40. The number of carbonyl (C=O) groups is 1. The van der Waals surface area contributed by atoms with Crippen molar-refractivity contribution >= 4 is 28.1 Å². The summed E-state index contributed by atoms with van der Waals surface area (Å²) in [5.74, 6) is -0.223. The Balaban J connectivity index is 1.95. The van der Waals surface area contributed by atoms with Gasteiger partial charge in [0.05, 0.1) is 6.21 Å². The van der Waals surface area contributed by atoms with Gasteiger partial charge in [0.15, 0.2) is 0 Å². The fourth-order valence-electron chi connectivity index (χ4n) is 1.67. The second-order valence-electron chi connectivity index (χ2n) is 4.30. The number of hydrogen-bond donors (Lipinski definition) is 1. The van der Waals surface area contributed by atoms with Crippen LogP contribution in [-0.2, 0) is 6.42 Å². The number of amides is 1. The zero-order chi connectivity index (χ0) is 14.4. The van der Waals surface area contributed by atoms with Crippen molar-refractivity contribution in [2.75, 3.05) is 0 Å². The first-order valence-corrected chi connectivity index (χ1v) is 7.16. The predicted molar refractivity (Wildman–Crippen MR) is 85.0 cm³/mol. The largest absolute Gasteiger partial charge is 0.271 e. The molecule has 0 aromatic heterocycles. The van der Waals surface area contributed by atoms with Crippen molar-refractivity contribution in [3.8, 4) is 0 Å². The van der Waals surface area contributed by atoms with E-state index in [0.717, 1.165) is 16.5 Å². The molecular weight excluding hydrogens is 316 g/mol. The topological polar surface area (TPSA) is 41.5 Å². The number of halogens is 1. The summed E-state index contributed by atoms with van der Waals surface area (Å²) in [6, 6.07) is 15.2. The standard InChI is InChI=1S/C16H15BrN2O/c1-2-12-3-5-13(6-4-12)11-18-19-16(20)14-7-9-15(17)10-8-14/h3-11H,2H2,1H3,(H,19,20). The second-order valence-corrected chi connectivity index (χ2v) is 5.22. The Morgan fingerprint density at radius 2 is 1.80 bits per heavy atom. The lowest BCUT2D eigenvalue weighted by Gasteiger charge is -2.00. The molecule has 1 amide bonds. The van der Waals surface area contributed by atoms with Crippen molar-refractivity contribution in [2.45, 2.75) is 13.3 Å². The molecule has 2 rings (SSSR count). The van der Waals surface area contributed by atoms with E-state index in [1.54, 1.807) is 18.3 Å². The molecule has 0 saturated heterocycles. The summed E-state index contributed by atoms with van der Waals surface area (Å²) in [5, 5.41) is 3.96. The Morgan fingerprint density at radius 3 is 2.40 bits per heavy atom. The highest BCUT2D eigenvalue weighted by molar-refractivity contribution is 9.10. The smallest absolute Gasteiger partial charge is 0.267 e. The number of benzene rings is 2. The van der Waals surface area contributed by atoms with Gasteiger partial charge in [0, 0.05) is 10.0 Å². The van der Waals surface area contributed by atoms with E-state index in [0.29, 0.717) is 5.56 Å². The molecule has 0 spiro atoms. The number of hydrogen-bond acceptors (Lipinski definition) is 2. The van der Waals surface area contributed by atoms with Crippen LogP contribution in [-0.4, -0.2) is 12.1 Å². The molecule has 0 bridgehead atoms. The van der Waals surface area contributed by atoms with E-state index in [1.165, 1.54) is 5.56 Å². The number of hydrazone groups is 1. The summed E-state index contributed by atoms with van der Waals surface area (Å²) in [7, 11) is 0. The van der Waals surface area contributed by atoms with Crippen LogP contribution in [0.1, 0.15) is 28.4 Å². The van der Waals surface area contributed by atoms with Crippen molar-refractivity contribution in [1.82, 2.24) is 5.43 Å². The number of nitrogens with zero attached hydrogens (tertiary/aromatic N) is 1. The Bertz CT molecular complexity index is 603. The van der Waals surface area contributed by atoms with Crippen LogP contribution in [0.3, 0.4) is 0 Å². The first kappa shape index (κ1) is 14.5. The monoisotopic (exact) mass is 330 g/mol. The molecule has 20 heavy (non-hydrogen) atoms. The van der Waals surface area contributed by atoms with Crippen LogP contribution in [0.2, 0.25) is 0 Å². The van der Waals surface area contributed by atoms with Crippen LogP contribution in [0.25, 0.3) is 0 Å². The molecule has 3 nitrogen and oxygen atoms in total. The Morgan fingerprint density at radius 1 is 1.15 bits per heavy atom. The number of carbonyl (C=O) groups excluding carboxylic acids is 1. The van der Waals surface area contributed by atoms with Gasteiger partial charge in [-0.25, -0.2) is 5.43 Å². The van der Waals surface area contributed by atoms with Crippen molar-refractivity contribution in [3.63, 3.8) is 0 Å². The van der Waals surface area contributed by atoms with Gasteiger partial charge in [-0.15, -0.1) is 0 Å². The van der Waals surface area contributed by atoms with Crippen LogP contribution in [0.4, 0.5) is 0 Å². The van der Waals surface area contributed by atoms with E-state index in [4.69, 9.17) is 0 Å². The molecule has 2 aromatic rings. The van der Waals surface area contributed by atoms with Gasteiger partial charge in [-0.2, -0.15) is 5.10 Å². The van der Waals surface area contributed by atoms with Gasteiger partial charge in [-0.05, 0) is 41.8 Å². The van der Waals surface area contributed by atoms with Crippen molar-refractivity contribution in [3.05, 3.63) is 69.7 Å². The van der Waals surface area contributed by atoms with E-state index >= 15 is 0 Å². The summed E-state index contributed by atoms with van der Waals surface area (Å²) < 4.78 is 0.938. The molecule has 0 aliphatic heterocycles. The van der Waals surface area contributed by atoms with E-state index in [-0.39, 0.29) is 5.91 Å². The number of nitrogens with one attached hydrogen (secondary N) is 1. The molecule has 0 radical (unpaired) electrons. The van der Waals surface area contributed by atoms with Crippen LogP contribution in [0, 0.1) is 0 Å². The summed E-state index contributed by atoms with van der Waals surface area (Å²) in [5.41, 5.74) is 5.32. The molecule has 0 unspecified atom stereocenters. The SMILES string of the molecule is CCc1ccc(C=NNC(=O)c2ccc(Br)cc2)cc1. The van der Waals surface area contributed by atoms with Gasteiger partial charge in [-0.3, -0.25) is 4.79 Å². The number of aryl methyl sites for hydroxylation is 1. The van der Waals surface area contributed by atoms with Crippen LogP contribution in [0.15, 0.2) is 58.1 Å². The van der Waals surface area contributed by atoms with Crippen molar-refractivity contribution < 1.29 is 4.79 Å². The maximum atomic E-state index is 11.8. The van der Waals surface area contributed by atoms with Gasteiger partial charge < -0.3 is 0 Å². The molecule has 2 aromatic carbocycles. The second kappa shape index (κ2) is 7.01. The molecular formula is C16H15BrN2O. The van der Waals surface area contributed by atoms with Gasteiger partial charge in [0.25, 0.3) is 5.91 Å². The molecule has 1 N–H and O–H groups in total. The summed E-state index contributed by atoms with van der Waals surface area (Å²) >= 11 is 3.33. The van der Waals surface area contributed by atoms with E-state index in [2.05, 4.69) is 45.5 Å². The molecule has 0 aliphatic rings. The minimum absolute atomic E-state index is 0.223. The van der Waals surface area contributed by atoms with Crippen LogP contribution in [0.5, 0.6) is 0 Å². The first-order chi connectivity index (χ1) is 9.69. The summed E-state index contributed by atoms with van der Waals surface area (Å²) in [6.45, 7) is 2.11. The molecule has 0 aliphatic carbocycles. The van der Waals surface area contributed by atoms with E-state index in [1.807, 2.05) is 24.3 Å². The summed E-state index contributed by atoms with van der Waals surface area (Å²) in [4.78, 5) is 11.8. The van der Waals surface area contributed by atoms with Gasteiger partial charge in [0.1, 0.15) is 0 Å². The molecule has 4 heteroatoms. The fraction of sp³-hybridized carbons (Fsp3) is 0.125. The minimum Gasteiger partial charge on any atom is -0.267 e. The zero-order valence-electron chi connectivity index (χ0n) is 11.1. The van der Waals surface area contributed by atoms with E-state index < -0.39 is 0 Å². The Hall–Kier alpha value is -1.94. The Kier molecular flexibility index (Phi) is 5.07. The maximum Gasteiger partial charge on any atom is 0.271 e. The quantitative estimate of drug-likeness (QED) is 0.672. The van der Waals surface area contributed by atoms with Crippen molar-refractivity contribution in [2.24, 2.45) is 5.10 Å². The lowest BCUT2D eigenvalue weighted by Crippen LogP contribution is -2.17. The molecule has 102 valence electrons. The normalized spacial score (nSPS) is 10.7. The highest BCUT2D eigenvalue weighted by atomic mass is 79.9. The molecule has 0 atom stereocenters. The third-order valence-electron chi connectivity index (χ3n) is 2.87. The summed E-state index contributed by atoms with van der Waals surface area (Å²) in [6.07, 6.45) is 2.65. The predicted octanol–water partition coefficient (Wildman–Crippen LogP) is 3.78. The van der Waals surface area contributed by atoms with Gasteiger partial charge in [-0.1, -0.05) is 47.1 Å². The maximum absolute atomic E-state index is 11.8. The van der Waals surface area contributed by atoms with Crippen molar-refractivity contribution in [1.29, 1.82) is 0 Å². The van der Waals surface area contributed by atoms with Crippen LogP contribution >= 0.6 is 15.9 Å². The zero-order valence-corrected chi connectivity index (χ0v) is 12.7. The van der Waals surface area contributed by atoms with Gasteiger partial charge >= 0.3 is 0 Å². The molecule has 0 fully saturated rings. The van der Waals surface area contributed by atoms with Gasteiger partial charge in [0.2, 0.25) is 0 Å². The third kappa shape index (κ3) is 4.03. The molecule has 0 saturated carbocycles. The average Bonchev–Trinajstić information content (AvgIpc) is 2.48. The minimum atomic E-state index is -0.223. The lowest BCUT2D eigenvalue weighted by molar-refractivity contribution is 0.0955. The average molecular weight is 331 g/mol. The first-order valence-electron chi connectivity index (χ1n) is 6.37. The molecule has 0 heterocycles. The lowest BCUT2D eigenvalue weighted by atomic mass is 10.1. The van der Waals surface area contributed by atoms with Crippen LogP contribution < -0.4 is 5.43 Å². The highest BCUT2D eigenvalue weighted by Crippen LogP contribution is 2.10. The highest BCUT2D eigenvalue weighted by Gasteiger charge is 2.02. The fourth-order valence-corrected chi connectivity index (χ4v) is 1.93.